The molecule has 0 heterocycles. The van der Waals surface area contributed by atoms with Gasteiger partial charge in [-0.3, -0.25) is 10.1 Å². The second-order valence-electron chi connectivity index (χ2n) is 3.23. The van der Waals surface area contributed by atoms with Gasteiger partial charge in [-0.1, -0.05) is 0 Å². The zero-order valence-corrected chi connectivity index (χ0v) is 9.60. The van der Waals surface area contributed by atoms with E-state index in [0.29, 0.717) is 0 Å². The topological polar surface area (TPSA) is 133 Å². The average Bonchev–Trinajstić information content (AvgIpc) is 2.17. The highest BCUT2D eigenvalue weighted by molar-refractivity contribution is 7.88. The van der Waals surface area contributed by atoms with Gasteiger partial charge in [-0.05, 0) is 11.6 Å². The number of nitro benzene ring substituents is 1. The molecule has 0 amide bonds. The number of sulfonamides is 1. The van der Waals surface area contributed by atoms with Gasteiger partial charge in [-0.25, -0.2) is 13.6 Å². The Bertz CT molecular complexity index is 553. The maximum absolute atomic E-state index is 10.9. The third-order valence-corrected chi connectivity index (χ3v) is 2.63. The summed E-state index contributed by atoms with van der Waals surface area (Å²) in [5.41, 5.74) is -0.572. The monoisotopic (exact) mass is 262 g/mol. The fourth-order valence-electron chi connectivity index (χ4n) is 1.26. The second kappa shape index (κ2) is 4.55. The highest BCUT2D eigenvalue weighted by Crippen LogP contribution is 2.37. The average molecular weight is 262 g/mol. The number of primary sulfonamides is 1. The van der Waals surface area contributed by atoms with Crippen molar-refractivity contribution in [2.75, 3.05) is 7.11 Å². The SMILES string of the molecule is COc1cc(CS(N)(=O)=O)cc([N+](=O)[O-])c1O. The summed E-state index contributed by atoms with van der Waals surface area (Å²) < 4.78 is 26.4. The fraction of sp³-hybridized carbons (Fsp3) is 0.250. The van der Waals surface area contributed by atoms with Crippen LogP contribution in [0.1, 0.15) is 5.56 Å². The first kappa shape index (κ1) is 13.2. The third-order valence-electron chi connectivity index (χ3n) is 1.90. The minimum absolute atomic E-state index is 0.0638. The molecule has 0 aliphatic heterocycles. The number of aromatic hydroxyl groups is 1. The predicted octanol–water partition coefficient (Wildman–Crippen LogP) is 0.0975. The zero-order chi connectivity index (χ0) is 13.2. The van der Waals surface area contributed by atoms with Crippen molar-refractivity contribution in [1.82, 2.24) is 0 Å². The van der Waals surface area contributed by atoms with Crippen molar-refractivity contribution in [3.63, 3.8) is 0 Å². The zero-order valence-electron chi connectivity index (χ0n) is 8.78. The van der Waals surface area contributed by atoms with E-state index >= 15 is 0 Å². The van der Waals surface area contributed by atoms with Gasteiger partial charge < -0.3 is 9.84 Å². The van der Waals surface area contributed by atoms with Crippen molar-refractivity contribution in [1.29, 1.82) is 0 Å². The van der Waals surface area contributed by atoms with Crippen LogP contribution >= 0.6 is 0 Å². The molecule has 0 atom stereocenters. The van der Waals surface area contributed by atoms with Crippen LogP contribution in [0.4, 0.5) is 5.69 Å². The number of nitrogens with zero attached hydrogens (tertiary/aromatic N) is 1. The van der Waals surface area contributed by atoms with Crippen LogP contribution in [-0.2, 0) is 15.8 Å². The Balaban J connectivity index is 3.35. The first-order chi connectivity index (χ1) is 7.74. The molecule has 0 radical (unpaired) electrons. The standard InChI is InChI=1S/C8H10N2O6S/c1-16-7-3-5(4-17(9,14)15)2-6(8(7)11)10(12)13/h2-3,11H,4H2,1H3,(H2,9,14,15). The molecular formula is C8H10N2O6S. The molecule has 0 saturated heterocycles. The van der Waals surface area contributed by atoms with Gasteiger partial charge in [0.25, 0.3) is 0 Å². The van der Waals surface area contributed by atoms with Gasteiger partial charge in [-0.2, -0.15) is 0 Å². The first-order valence-corrected chi connectivity index (χ1v) is 6.01. The van der Waals surface area contributed by atoms with Crippen molar-refractivity contribution < 1.29 is 23.2 Å². The smallest absolute Gasteiger partial charge is 0.314 e. The van der Waals surface area contributed by atoms with E-state index in [9.17, 15) is 23.6 Å². The van der Waals surface area contributed by atoms with Crippen molar-refractivity contribution >= 4 is 15.7 Å². The van der Waals surface area contributed by atoms with E-state index in [0.717, 1.165) is 6.07 Å². The molecule has 0 aliphatic rings. The molecule has 8 nitrogen and oxygen atoms in total. The van der Waals surface area contributed by atoms with Crippen LogP contribution in [0.2, 0.25) is 0 Å². The molecular weight excluding hydrogens is 252 g/mol. The molecule has 0 unspecified atom stereocenters. The number of nitrogens with two attached hydrogens (primary N) is 1. The second-order valence-corrected chi connectivity index (χ2v) is 4.84. The van der Waals surface area contributed by atoms with E-state index in [2.05, 4.69) is 0 Å². The molecule has 0 bridgehead atoms. The highest BCUT2D eigenvalue weighted by Gasteiger charge is 2.21. The van der Waals surface area contributed by atoms with Gasteiger partial charge in [0, 0.05) is 6.07 Å². The van der Waals surface area contributed by atoms with Crippen LogP contribution in [0.25, 0.3) is 0 Å². The van der Waals surface area contributed by atoms with E-state index in [1.807, 2.05) is 0 Å². The number of rotatable bonds is 4. The molecule has 1 aromatic rings. The number of nitro groups is 1. The Morgan fingerprint density at radius 2 is 2.12 bits per heavy atom. The van der Waals surface area contributed by atoms with Crippen molar-refractivity contribution in [3.8, 4) is 11.5 Å². The minimum Gasteiger partial charge on any atom is -0.500 e. The summed E-state index contributed by atoms with van der Waals surface area (Å²) in [4.78, 5) is 9.77. The maximum atomic E-state index is 10.9. The number of phenolic OH excluding ortho intramolecular Hbond substituents is 1. The van der Waals surface area contributed by atoms with E-state index in [-0.39, 0.29) is 11.3 Å². The lowest BCUT2D eigenvalue weighted by Crippen LogP contribution is -2.14. The number of hydrogen-bond acceptors (Lipinski definition) is 6. The largest absolute Gasteiger partial charge is 0.500 e. The summed E-state index contributed by atoms with van der Waals surface area (Å²) in [6.45, 7) is 0. The molecule has 17 heavy (non-hydrogen) atoms. The summed E-state index contributed by atoms with van der Waals surface area (Å²) in [7, 11) is -2.62. The number of methoxy groups -OCH3 is 1. The molecule has 94 valence electrons. The lowest BCUT2D eigenvalue weighted by Gasteiger charge is -2.06. The van der Waals surface area contributed by atoms with Crippen LogP contribution in [0.3, 0.4) is 0 Å². The molecule has 0 fully saturated rings. The lowest BCUT2D eigenvalue weighted by atomic mass is 10.2. The third kappa shape index (κ3) is 3.29. The summed E-state index contributed by atoms with van der Waals surface area (Å²) in [6.07, 6.45) is 0. The quantitative estimate of drug-likeness (QED) is 0.583. The number of phenols is 1. The predicted molar refractivity (Wildman–Crippen MR) is 58.1 cm³/mol. The molecule has 0 aromatic heterocycles. The molecule has 0 spiro atoms. The molecule has 1 rings (SSSR count). The molecule has 0 saturated carbocycles. The summed E-state index contributed by atoms with van der Waals surface area (Å²) in [6, 6.07) is 2.11. The van der Waals surface area contributed by atoms with Crippen LogP contribution < -0.4 is 9.88 Å². The van der Waals surface area contributed by atoms with Crippen molar-refractivity contribution in [2.45, 2.75) is 5.75 Å². The Morgan fingerprint density at radius 1 is 1.53 bits per heavy atom. The Hall–Kier alpha value is -1.87. The first-order valence-electron chi connectivity index (χ1n) is 4.29. The van der Waals surface area contributed by atoms with E-state index in [4.69, 9.17) is 9.88 Å². The lowest BCUT2D eigenvalue weighted by molar-refractivity contribution is -0.386. The van der Waals surface area contributed by atoms with Crippen LogP contribution in [0.15, 0.2) is 12.1 Å². The molecule has 9 heteroatoms. The Labute approximate surface area is 96.8 Å². The van der Waals surface area contributed by atoms with E-state index in [1.165, 1.54) is 13.2 Å². The van der Waals surface area contributed by atoms with Crippen LogP contribution in [0, 0.1) is 10.1 Å². The summed E-state index contributed by atoms with van der Waals surface area (Å²) in [5, 5.41) is 24.9. The molecule has 1 aromatic carbocycles. The number of ether oxygens (including phenoxy) is 1. The molecule has 0 aliphatic carbocycles. The van der Waals surface area contributed by atoms with Gasteiger partial charge in [-0.15, -0.1) is 0 Å². The van der Waals surface area contributed by atoms with Gasteiger partial charge in [0.05, 0.1) is 17.8 Å². The van der Waals surface area contributed by atoms with Gasteiger partial charge in [0.2, 0.25) is 15.8 Å². The van der Waals surface area contributed by atoms with E-state index in [1.54, 1.807) is 0 Å². The van der Waals surface area contributed by atoms with Gasteiger partial charge in [0.15, 0.2) is 5.75 Å². The Kier molecular flexibility index (Phi) is 3.53. The van der Waals surface area contributed by atoms with Gasteiger partial charge in [0.1, 0.15) is 0 Å². The van der Waals surface area contributed by atoms with Crippen LogP contribution in [0.5, 0.6) is 11.5 Å². The number of hydrogen-bond donors (Lipinski definition) is 2. The summed E-state index contributed by atoms with van der Waals surface area (Å²) in [5.74, 6) is -1.42. The fourth-order valence-corrected chi connectivity index (χ4v) is 1.89. The van der Waals surface area contributed by atoms with E-state index < -0.39 is 32.1 Å². The number of benzene rings is 1. The van der Waals surface area contributed by atoms with Crippen LogP contribution in [-0.4, -0.2) is 25.6 Å². The van der Waals surface area contributed by atoms with Gasteiger partial charge >= 0.3 is 5.69 Å². The van der Waals surface area contributed by atoms with Crippen molar-refractivity contribution in [3.05, 3.63) is 27.8 Å². The Morgan fingerprint density at radius 3 is 2.53 bits per heavy atom. The maximum Gasteiger partial charge on any atom is 0.314 e. The minimum atomic E-state index is -3.82. The normalized spacial score (nSPS) is 11.2. The summed E-state index contributed by atoms with van der Waals surface area (Å²) >= 11 is 0. The van der Waals surface area contributed by atoms with Crippen molar-refractivity contribution in [2.24, 2.45) is 5.14 Å². The molecule has 3 N–H and O–H groups in total. The highest BCUT2D eigenvalue weighted by atomic mass is 32.2.